The second-order valence-corrected chi connectivity index (χ2v) is 6.44. The van der Waals surface area contributed by atoms with E-state index in [1.165, 1.54) is 0 Å². The maximum absolute atomic E-state index is 11.6. The first-order chi connectivity index (χ1) is 10.8. The summed E-state index contributed by atoms with van der Waals surface area (Å²) in [6.45, 7) is 8.51. The monoisotopic (exact) mass is 316 g/mol. The zero-order valence-electron chi connectivity index (χ0n) is 14.1. The molecule has 2 rings (SSSR count). The summed E-state index contributed by atoms with van der Waals surface area (Å²) in [7, 11) is 0. The van der Waals surface area contributed by atoms with Crippen LogP contribution in [0.5, 0.6) is 0 Å². The molecule has 0 aliphatic heterocycles. The van der Waals surface area contributed by atoms with Crippen LogP contribution in [-0.2, 0) is 11.3 Å². The van der Waals surface area contributed by atoms with Crippen LogP contribution in [0.2, 0.25) is 0 Å². The second kappa shape index (κ2) is 6.73. The van der Waals surface area contributed by atoms with Crippen molar-refractivity contribution < 1.29 is 9.53 Å². The number of nitrogens with two attached hydrogens (primary N) is 1. The number of ether oxygens (including phenoxy) is 1. The number of nitrogens with zero attached hydrogens (tertiary/aromatic N) is 2. The van der Waals surface area contributed by atoms with E-state index in [9.17, 15) is 4.79 Å². The molecule has 0 saturated carbocycles. The van der Waals surface area contributed by atoms with Gasteiger partial charge in [-0.25, -0.2) is 4.79 Å². The summed E-state index contributed by atoms with van der Waals surface area (Å²) in [5.74, 6) is 0. The number of carbonyl (C=O) groups is 1. The number of hydrogen-bond donors (Lipinski definition) is 2. The molecule has 0 bridgehead atoms. The molecule has 23 heavy (non-hydrogen) atoms. The quantitative estimate of drug-likeness (QED) is 0.850. The Morgan fingerprint density at radius 1 is 1.39 bits per heavy atom. The van der Waals surface area contributed by atoms with Crippen LogP contribution < -0.4 is 11.1 Å². The topological polar surface area (TPSA) is 82.2 Å². The Morgan fingerprint density at radius 2 is 2.13 bits per heavy atom. The van der Waals surface area contributed by atoms with Gasteiger partial charge in [0.25, 0.3) is 0 Å². The molecule has 6 heteroatoms. The van der Waals surface area contributed by atoms with E-state index in [0.29, 0.717) is 13.1 Å². The fraction of sp³-hybridized carbons (Fsp3) is 0.412. The molecule has 2 aromatic rings. The maximum Gasteiger partial charge on any atom is 0.407 e. The third-order valence-corrected chi connectivity index (χ3v) is 3.33. The number of hydrogen-bond acceptors (Lipinski definition) is 4. The molecule has 6 nitrogen and oxygen atoms in total. The summed E-state index contributed by atoms with van der Waals surface area (Å²) < 4.78 is 6.97. The average molecular weight is 316 g/mol. The SMILES string of the molecule is Cc1c(N)cccc1-c1cnn(CCNC(=O)OC(C)(C)C)c1. The van der Waals surface area contributed by atoms with Crippen LogP contribution in [0.3, 0.4) is 0 Å². The number of alkyl carbamates (subject to hydrolysis) is 1. The number of nitrogens with one attached hydrogen (secondary N) is 1. The number of rotatable bonds is 4. The molecule has 1 aromatic carbocycles. The molecule has 3 N–H and O–H groups in total. The van der Waals surface area contributed by atoms with E-state index in [4.69, 9.17) is 10.5 Å². The lowest BCUT2D eigenvalue weighted by Gasteiger charge is -2.19. The standard InChI is InChI=1S/C17H24N4O2/c1-12-14(6-5-7-15(12)18)13-10-20-21(11-13)9-8-19-16(22)23-17(2,3)4/h5-7,10-11H,8-9,18H2,1-4H3,(H,19,22). The van der Waals surface area contributed by atoms with Crippen LogP contribution in [0.1, 0.15) is 26.3 Å². The van der Waals surface area contributed by atoms with Crippen molar-refractivity contribution in [3.63, 3.8) is 0 Å². The number of anilines is 1. The zero-order chi connectivity index (χ0) is 17.0. The van der Waals surface area contributed by atoms with Crippen LogP contribution in [0, 0.1) is 6.92 Å². The van der Waals surface area contributed by atoms with Crippen molar-refractivity contribution in [3.8, 4) is 11.1 Å². The van der Waals surface area contributed by atoms with Gasteiger partial charge in [-0.15, -0.1) is 0 Å². The lowest BCUT2D eigenvalue weighted by molar-refractivity contribution is 0.0525. The molecule has 0 fully saturated rings. The van der Waals surface area contributed by atoms with Crippen LogP contribution in [0.15, 0.2) is 30.6 Å². The van der Waals surface area contributed by atoms with Gasteiger partial charge in [0.2, 0.25) is 0 Å². The molecule has 1 amide bonds. The summed E-state index contributed by atoms with van der Waals surface area (Å²) in [5, 5.41) is 7.03. The predicted octanol–water partition coefficient (Wildman–Crippen LogP) is 2.97. The van der Waals surface area contributed by atoms with Gasteiger partial charge in [0.1, 0.15) is 5.60 Å². The van der Waals surface area contributed by atoms with Gasteiger partial charge in [0, 0.05) is 24.0 Å². The normalized spacial score (nSPS) is 11.3. The van der Waals surface area contributed by atoms with Gasteiger partial charge in [-0.3, -0.25) is 4.68 Å². The second-order valence-electron chi connectivity index (χ2n) is 6.44. The smallest absolute Gasteiger partial charge is 0.407 e. The first-order valence-electron chi connectivity index (χ1n) is 7.61. The maximum atomic E-state index is 11.6. The molecule has 0 aliphatic carbocycles. The highest BCUT2D eigenvalue weighted by molar-refractivity contribution is 5.71. The lowest BCUT2D eigenvalue weighted by Crippen LogP contribution is -2.34. The van der Waals surface area contributed by atoms with Crippen LogP contribution in [0.25, 0.3) is 11.1 Å². The van der Waals surface area contributed by atoms with E-state index < -0.39 is 11.7 Å². The van der Waals surface area contributed by atoms with Gasteiger partial charge in [0.15, 0.2) is 0 Å². The number of aromatic nitrogens is 2. The summed E-state index contributed by atoms with van der Waals surface area (Å²) in [4.78, 5) is 11.6. The minimum Gasteiger partial charge on any atom is -0.444 e. The van der Waals surface area contributed by atoms with Crippen LogP contribution in [0.4, 0.5) is 10.5 Å². The Kier molecular flexibility index (Phi) is 4.93. The minimum absolute atomic E-state index is 0.420. The van der Waals surface area contributed by atoms with Gasteiger partial charge in [0.05, 0.1) is 12.7 Å². The van der Waals surface area contributed by atoms with Crippen molar-refractivity contribution >= 4 is 11.8 Å². The molecular weight excluding hydrogens is 292 g/mol. The fourth-order valence-electron chi connectivity index (χ4n) is 2.18. The summed E-state index contributed by atoms with van der Waals surface area (Å²) in [5.41, 5.74) is 9.33. The van der Waals surface area contributed by atoms with Crippen molar-refractivity contribution in [3.05, 3.63) is 36.2 Å². The van der Waals surface area contributed by atoms with E-state index in [0.717, 1.165) is 22.4 Å². The number of benzene rings is 1. The predicted molar refractivity (Wildman–Crippen MR) is 91.0 cm³/mol. The van der Waals surface area contributed by atoms with Crippen molar-refractivity contribution in [1.82, 2.24) is 15.1 Å². The molecule has 0 spiro atoms. The van der Waals surface area contributed by atoms with Crippen LogP contribution >= 0.6 is 0 Å². The van der Waals surface area contributed by atoms with Gasteiger partial charge in [-0.1, -0.05) is 12.1 Å². The van der Waals surface area contributed by atoms with E-state index in [1.807, 2.05) is 52.1 Å². The van der Waals surface area contributed by atoms with Crippen molar-refractivity contribution in [2.24, 2.45) is 0 Å². The highest BCUT2D eigenvalue weighted by Crippen LogP contribution is 2.26. The molecule has 1 aromatic heterocycles. The van der Waals surface area contributed by atoms with E-state index in [2.05, 4.69) is 10.4 Å². The highest BCUT2D eigenvalue weighted by atomic mass is 16.6. The Bertz CT molecular complexity index is 686. The van der Waals surface area contributed by atoms with Gasteiger partial charge < -0.3 is 15.8 Å². The summed E-state index contributed by atoms with van der Waals surface area (Å²) in [6.07, 6.45) is 3.32. The average Bonchev–Trinajstić information content (AvgIpc) is 2.88. The fourth-order valence-corrected chi connectivity index (χ4v) is 2.18. The van der Waals surface area contributed by atoms with Gasteiger partial charge >= 0.3 is 6.09 Å². The molecule has 1 heterocycles. The van der Waals surface area contributed by atoms with E-state index >= 15 is 0 Å². The Hall–Kier alpha value is -2.50. The van der Waals surface area contributed by atoms with E-state index in [1.54, 1.807) is 10.9 Å². The lowest BCUT2D eigenvalue weighted by atomic mass is 10.0. The molecule has 0 atom stereocenters. The number of nitrogen functional groups attached to an aromatic ring is 1. The minimum atomic E-state index is -0.492. The van der Waals surface area contributed by atoms with Crippen molar-refractivity contribution in [2.75, 3.05) is 12.3 Å². The largest absolute Gasteiger partial charge is 0.444 e. The molecule has 124 valence electrons. The third kappa shape index (κ3) is 4.74. The van der Waals surface area contributed by atoms with Gasteiger partial charge in [-0.05, 0) is 44.9 Å². The summed E-state index contributed by atoms with van der Waals surface area (Å²) in [6, 6.07) is 5.83. The van der Waals surface area contributed by atoms with Crippen molar-refractivity contribution in [1.29, 1.82) is 0 Å². The van der Waals surface area contributed by atoms with Crippen molar-refractivity contribution in [2.45, 2.75) is 39.8 Å². The molecule has 0 radical (unpaired) electrons. The highest BCUT2D eigenvalue weighted by Gasteiger charge is 2.15. The summed E-state index contributed by atoms with van der Waals surface area (Å²) >= 11 is 0. The zero-order valence-corrected chi connectivity index (χ0v) is 14.1. The van der Waals surface area contributed by atoms with Crippen LogP contribution in [-0.4, -0.2) is 28.0 Å². The Morgan fingerprint density at radius 3 is 2.83 bits per heavy atom. The Labute approximate surface area is 136 Å². The van der Waals surface area contributed by atoms with Gasteiger partial charge in [-0.2, -0.15) is 5.10 Å². The molecular formula is C17H24N4O2. The molecule has 0 saturated heterocycles. The third-order valence-electron chi connectivity index (χ3n) is 3.33. The number of carbonyl (C=O) groups excluding carboxylic acids is 1. The first-order valence-corrected chi connectivity index (χ1v) is 7.61. The molecule has 0 aliphatic rings. The Balaban J connectivity index is 1.93. The van der Waals surface area contributed by atoms with E-state index in [-0.39, 0.29) is 0 Å². The number of amides is 1. The molecule has 0 unspecified atom stereocenters. The first kappa shape index (κ1) is 16.9.